The van der Waals surface area contributed by atoms with E-state index < -0.39 is 0 Å². The summed E-state index contributed by atoms with van der Waals surface area (Å²) < 4.78 is 0. The van der Waals surface area contributed by atoms with Crippen LogP contribution >= 0.6 is 0 Å². The maximum atomic E-state index is 4.90. The van der Waals surface area contributed by atoms with E-state index in [1.807, 2.05) is 19.9 Å². The summed E-state index contributed by atoms with van der Waals surface area (Å²) in [7, 11) is 0. The lowest BCUT2D eigenvalue weighted by atomic mass is 10.5. The highest BCUT2D eigenvalue weighted by Crippen LogP contribution is 1.79. The number of terminal acetylenes is 1. The topological polar surface area (TPSA) is 12.0 Å². The largest absolute Gasteiger partial charge is 0.320 e. The Kier molecular flexibility index (Phi) is 2.87. The Balaban J connectivity index is 3.43. The maximum absolute atomic E-state index is 4.90. The van der Waals surface area contributed by atoms with E-state index in [0.717, 1.165) is 5.70 Å². The molecule has 1 nitrogen and oxygen atoms in total. The minimum atomic E-state index is 1.02. The summed E-state index contributed by atoms with van der Waals surface area (Å²) in [5, 5.41) is 2.68. The van der Waals surface area contributed by atoms with Crippen LogP contribution in [-0.4, -0.2) is 0 Å². The first-order chi connectivity index (χ1) is 3.31. The summed E-state index contributed by atoms with van der Waals surface area (Å²) in [6.45, 7) is 3.85. The zero-order valence-corrected chi connectivity index (χ0v) is 4.65. The van der Waals surface area contributed by atoms with Gasteiger partial charge >= 0.3 is 0 Å². The smallest absolute Gasteiger partial charge is 0.0156 e. The second-order valence-corrected chi connectivity index (χ2v) is 1.24. The lowest BCUT2D eigenvalue weighted by Gasteiger charge is -1.90. The van der Waals surface area contributed by atoms with Crippen molar-refractivity contribution in [2.75, 3.05) is 0 Å². The monoisotopic (exact) mass is 95.1 g/mol. The van der Waals surface area contributed by atoms with Crippen LogP contribution in [0.5, 0.6) is 0 Å². The van der Waals surface area contributed by atoms with E-state index in [-0.39, 0.29) is 0 Å². The molecule has 0 aliphatic rings. The van der Waals surface area contributed by atoms with Crippen molar-refractivity contribution >= 4 is 0 Å². The third-order valence-corrected chi connectivity index (χ3v) is 0.702. The third kappa shape index (κ3) is 2.92. The van der Waals surface area contributed by atoms with Gasteiger partial charge in [0.2, 0.25) is 0 Å². The molecule has 0 heterocycles. The van der Waals surface area contributed by atoms with Gasteiger partial charge in [0, 0.05) is 11.7 Å². The van der Waals surface area contributed by atoms with E-state index in [1.54, 1.807) is 0 Å². The van der Waals surface area contributed by atoms with Gasteiger partial charge in [0.1, 0.15) is 0 Å². The quantitative estimate of drug-likeness (QED) is 0.379. The van der Waals surface area contributed by atoms with Crippen LogP contribution in [-0.2, 0) is 0 Å². The normalized spacial score (nSPS) is 10.1. The second-order valence-electron chi connectivity index (χ2n) is 1.24. The van der Waals surface area contributed by atoms with Gasteiger partial charge in [-0.2, -0.15) is 0 Å². The van der Waals surface area contributed by atoms with Gasteiger partial charge in [-0.05, 0) is 13.8 Å². The van der Waals surface area contributed by atoms with Gasteiger partial charge in [-0.15, -0.1) is 0 Å². The molecular weight excluding hydrogens is 86.1 g/mol. The zero-order valence-electron chi connectivity index (χ0n) is 4.65. The van der Waals surface area contributed by atoms with Crippen LogP contribution in [0.1, 0.15) is 13.8 Å². The summed E-state index contributed by atoms with van der Waals surface area (Å²) in [6.07, 6.45) is 6.82. The van der Waals surface area contributed by atoms with Crippen LogP contribution in [0.3, 0.4) is 0 Å². The predicted octanol–water partition coefficient (Wildman–Crippen LogP) is 1.09. The van der Waals surface area contributed by atoms with Crippen molar-refractivity contribution in [3.8, 4) is 12.5 Å². The highest BCUT2D eigenvalue weighted by atomic mass is 14.8. The highest BCUT2D eigenvalue weighted by Gasteiger charge is 1.72. The minimum absolute atomic E-state index is 1.02. The van der Waals surface area contributed by atoms with Crippen molar-refractivity contribution in [2.45, 2.75) is 13.8 Å². The third-order valence-electron chi connectivity index (χ3n) is 0.702. The van der Waals surface area contributed by atoms with Gasteiger partial charge in [-0.3, -0.25) is 0 Å². The van der Waals surface area contributed by atoms with Crippen molar-refractivity contribution in [1.29, 1.82) is 0 Å². The van der Waals surface area contributed by atoms with Gasteiger partial charge in [-0.1, -0.05) is 12.5 Å². The van der Waals surface area contributed by atoms with Crippen molar-refractivity contribution < 1.29 is 0 Å². The Morgan fingerprint density at radius 1 is 1.86 bits per heavy atom. The molecule has 0 aromatic carbocycles. The van der Waals surface area contributed by atoms with Gasteiger partial charge < -0.3 is 5.32 Å². The summed E-state index contributed by atoms with van der Waals surface area (Å²) in [4.78, 5) is 0. The average molecular weight is 95.1 g/mol. The van der Waals surface area contributed by atoms with Crippen LogP contribution in [0.25, 0.3) is 0 Å². The van der Waals surface area contributed by atoms with E-state index in [9.17, 15) is 0 Å². The molecule has 0 bridgehead atoms. The molecular formula is C6H9N. The van der Waals surface area contributed by atoms with Crippen molar-refractivity contribution in [1.82, 2.24) is 5.32 Å². The number of hydrogen-bond donors (Lipinski definition) is 1. The first-order valence-electron chi connectivity index (χ1n) is 2.15. The van der Waals surface area contributed by atoms with Crippen molar-refractivity contribution in [3.05, 3.63) is 11.8 Å². The molecule has 0 unspecified atom stereocenters. The molecule has 1 N–H and O–H groups in total. The van der Waals surface area contributed by atoms with Crippen LogP contribution in [0.15, 0.2) is 11.8 Å². The van der Waals surface area contributed by atoms with E-state index in [0.29, 0.717) is 0 Å². The van der Waals surface area contributed by atoms with E-state index in [2.05, 4.69) is 11.4 Å². The fourth-order valence-corrected chi connectivity index (χ4v) is 0.186. The molecule has 0 aromatic rings. The summed E-state index contributed by atoms with van der Waals surface area (Å²) in [6, 6.07) is 2.30. The number of rotatable bonds is 1. The highest BCUT2D eigenvalue weighted by molar-refractivity contribution is 5.00. The Hall–Kier alpha value is -0.900. The Labute approximate surface area is 44.4 Å². The lowest BCUT2D eigenvalue weighted by Crippen LogP contribution is -1.99. The van der Waals surface area contributed by atoms with E-state index >= 15 is 0 Å². The standard InChI is InChI=1S/C6H9N/c1-4-6(3)7-5-2/h2,4,7H,1,3H3. The molecule has 0 saturated carbocycles. The van der Waals surface area contributed by atoms with Crippen molar-refractivity contribution in [3.63, 3.8) is 0 Å². The average Bonchev–Trinajstić information content (AvgIpc) is 1.68. The fourth-order valence-electron chi connectivity index (χ4n) is 0.186. The first-order valence-corrected chi connectivity index (χ1v) is 2.15. The Morgan fingerprint density at radius 2 is 2.43 bits per heavy atom. The molecule has 0 aromatic heterocycles. The van der Waals surface area contributed by atoms with E-state index in [1.165, 1.54) is 0 Å². The minimum Gasteiger partial charge on any atom is -0.320 e. The molecule has 7 heavy (non-hydrogen) atoms. The first kappa shape index (κ1) is 6.10. The molecule has 0 rings (SSSR count). The number of allylic oxidation sites excluding steroid dienone is 2. The van der Waals surface area contributed by atoms with Gasteiger partial charge in [0.05, 0.1) is 0 Å². The predicted molar refractivity (Wildman–Crippen MR) is 31.4 cm³/mol. The number of nitrogens with one attached hydrogen (secondary N) is 1. The van der Waals surface area contributed by atoms with Crippen LogP contribution in [0.4, 0.5) is 0 Å². The fraction of sp³-hybridized carbons (Fsp3) is 0.333. The van der Waals surface area contributed by atoms with Crippen molar-refractivity contribution in [2.24, 2.45) is 0 Å². The summed E-state index contributed by atoms with van der Waals surface area (Å²) in [5.74, 6) is 0. The second kappa shape index (κ2) is 3.30. The zero-order chi connectivity index (χ0) is 5.70. The van der Waals surface area contributed by atoms with Crippen LogP contribution in [0.2, 0.25) is 0 Å². The molecule has 0 radical (unpaired) electrons. The molecule has 0 amide bonds. The van der Waals surface area contributed by atoms with Crippen LogP contribution < -0.4 is 5.32 Å². The summed E-state index contributed by atoms with van der Waals surface area (Å²) in [5.41, 5.74) is 1.02. The molecule has 0 aliphatic heterocycles. The SMILES string of the molecule is C#CNC(C)=CC. The molecule has 0 fully saturated rings. The molecule has 0 spiro atoms. The van der Waals surface area contributed by atoms with E-state index in [4.69, 9.17) is 6.42 Å². The van der Waals surface area contributed by atoms with Crippen LogP contribution in [0, 0.1) is 12.5 Å². The Bertz CT molecular complexity index is 106. The van der Waals surface area contributed by atoms with Gasteiger partial charge in [-0.25, -0.2) is 0 Å². The maximum Gasteiger partial charge on any atom is 0.0156 e. The molecule has 0 aliphatic carbocycles. The number of hydrogen-bond acceptors (Lipinski definition) is 1. The molecule has 38 valence electrons. The van der Waals surface area contributed by atoms with Gasteiger partial charge in [0.15, 0.2) is 0 Å². The molecule has 0 saturated heterocycles. The molecule has 0 atom stereocenters. The lowest BCUT2D eigenvalue weighted by molar-refractivity contribution is 1.09. The van der Waals surface area contributed by atoms with Gasteiger partial charge in [0.25, 0.3) is 0 Å². The molecule has 1 heteroatoms. The summed E-state index contributed by atoms with van der Waals surface area (Å²) >= 11 is 0. The Morgan fingerprint density at radius 3 is 2.57 bits per heavy atom.